The smallest absolute Gasteiger partial charge is 0.305 e. The molecule has 0 aliphatic rings. The van der Waals surface area contributed by atoms with E-state index in [0.717, 1.165) is 44.9 Å². The fourth-order valence-electron chi connectivity index (χ4n) is 12.2. The molecular formula is C77H149NO5. The zero-order valence-corrected chi connectivity index (χ0v) is 56.5. The maximum absolute atomic E-state index is 12.5. The molecule has 0 fully saturated rings. The first kappa shape index (κ1) is 81.3. The Hall–Kier alpha value is -1.66. The molecule has 0 aromatic carbocycles. The van der Waals surface area contributed by atoms with E-state index in [1.54, 1.807) is 6.08 Å². The van der Waals surface area contributed by atoms with E-state index in [2.05, 4.69) is 31.3 Å². The lowest BCUT2D eigenvalue weighted by molar-refractivity contribution is -0.143. The lowest BCUT2D eigenvalue weighted by Gasteiger charge is -2.20. The third-order valence-electron chi connectivity index (χ3n) is 18.0. The van der Waals surface area contributed by atoms with Gasteiger partial charge in [0.1, 0.15) is 0 Å². The summed E-state index contributed by atoms with van der Waals surface area (Å²) in [6, 6.07) is -0.622. The fourth-order valence-corrected chi connectivity index (χ4v) is 12.2. The van der Waals surface area contributed by atoms with Crippen LogP contribution in [0, 0.1) is 0 Å². The number of rotatable bonds is 72. The van der Waals surface area contributed by atoms with Crippen molar-refractivity contribution in [3.05, 3.63) is 24.3 Å². The molecule has 2 atom stereocenters. The van der Waals surface area contributed by atoms with Gasteiger partial charge in [0, 0.05) is 12.8 Å². The molecule has 0 radical (unpaired) electrons. The number of nitrogens with one attached hydrogen (secondary N) is 1. The molecule has 0 aromatic rings. The summed E-state index contributed by atoms with van der Waals surface area (Å²) in [4.78, 5) is 24.6. The molecule has 0 aliphatic heterocycles. The van der Waals surface area contributed by atoms with Gasteiger partial charge in [-0.05, 0) is 57.8 Å². The Labute approximate surface area is 520 Å². The molecule has 0 heterocycles. The molecule has 0 saturated heterocycles. The van der Waals surface area contributed by atoms with Gasteiger partial charge in [0.25, 0.3) is 0 Å². The van der Waals surface area contributed by atoms with Crippen LogP contribution in [-0.4, -0.2) is 47.4 Å². The van der Waals surface area contributed by atoms with Gasteiger partial charge in [0.15, 0.2) is 0 Å². The van der Waals surface area contributed by atoms with Crippen LogP contribution in [0.4, 0.5) is 0 Å². The van der Waals surface area contributed by atoms with Gasteiger partial charge in [-0.15, -0.1) is 0 Å². The van der Waals surface area contributed by atoms with Crippen LogP contribution >= 0.6 is 0 Å². The van der Waals surface area contributed by atoms with Crippen molar-refractivity contribution in [1.82, 2.24) is 5.32 Å². The minimum atomic E-state index is -0.839. The number of aliphatic hydroxyl groups is 2. The number of esters is 1. The van der Waals surface area contributed by atoms with Crippen molar-refractivity contribution in [1.29, 1.82) is 0 Å². The van der Waals surface area contributed by atoms with Gasteiger partial charge in [-0.25, -0.2) is 0 Å². The highest BCUT2D eigenvalue weighted by Gasteiger charge is 2.18. The van der Waals surface area contributed by atoms with Crippen molar-refractivity contribution in [2.75, 3.05) is 13.2 Å². The van der Waals surface area contributed by atoms with Gasteiger partial charge in [0.05, 0.1) is 25.4 Å². The molecule has 6 heteroatoms. The van der Waals surface area contributed by atoms with Crippen molar-refractivity contribution in [2.45, 2.75) is 443 Å². The topological polar surface area (TPSA) is 95.9 Å². The number of amides is 1. The predicted molar refractivity (Wildman–Crippen MR) is 366 cm³/mol. The molecule has 6 nitrogen and oxygen atoms in total. The lowest BCUT2D eigenvalue weighted by Crippen LogP contribution is -2.45. The highest BCUT2D eigenvalue weighted by atomic mass is 16.5. The van der Waals surface area contributed by atoms with E-state index < -0.39 is 12.1 Å². The standard InChI is InChI=1S/C77H149NO5/c1-3-5-7-9-11-13-15-17-18-43-47-51-55-59-63-67-71-77(82)83-72-68-64-60-56-52-48-44-41-39-37-35-33-31-29-27-25-23-21-19-20-22-24-26-28-30-32-34-36-38-40-42-46-50-54-58-62-66-70-76(81)78-74(73-79)75(80)69-65-61-57-53-49-45-16-14-12-10-8-6-4-2/h18,43,65,69,74-75,79-80H,3-17,19-42,44-64,66-68,70-73H2,1-2H3,(H,78,81)/b43-18-,69-65+. The predicted octanol–water partition coefficient (Wildman–Crippen LogP) is 24.9. The zero-order valence-electron chi connectivity index (χ0n) is 56.5. The fraction of sp³-hybridized carbons (Fsp3) is 0.922. The minimum absolute atomic E-state index is 0.0165. The highest BCUT2D eigenvalue weighted by molar-refractivity contribution is 5.76. The molecule has 0 aromatic heterocycles. The molecule has 0 aliphatic carbocycles. The number of ether oxygens (including phenoxy) is 1. The summed E-state index contributed by atoms with van der Waals surface area (Å²) < 4.78 is 5.50. The Morgan fingerprint density at radius 3 is 0.855 bits per heavy atom. The first-order chi connectivity index (χ1) is 41.0. The van der Waals surface area contributed by atoms with Gasteiger partial charge in [-0.2, -0.15) is 0 Å². The zero-order chi connectivity index (χ0) is 59.9. The molecule has 0 rings (SSSR count). The minimum Gasteiger partial charge on any atom is -0.466 e. The molecule has 3 N–H and O–H groups in total. The molecule has 1 amide bonds. The Bertz CT molecular complexity index is 1300. The number of allylic oxidation sites excluding steroid dienone is 3. The first-order valence-electron chi connectivity index (χ1n) is 38.1. The van der Waals surface area contributed by atoms with Crippen LogP contribution < -0.4 is 5.32 Å². The van der Waals surface area contributed by atoms with Crippen LogP contribution in [0.5, 0.6) is 0 Å². The molecule has 0 saturated carbocycles. The molecule has 492 valence electrons. The van der Waals surface area contributed by atoms with Gasteiger partial charge in [-0.1, -0.05) is 385 Å². The number of carbonyl (C=O) groups excluding carboxylic acids is 2. The number of carbonyl (C=O) groups is 2. The van der Waals surface area contributed by atoms with Crippen molar-refractivity contribution in [2.24, 2.45) is 0 Å². The first-order valence-corrected chi connectivity index (χ1v) is 38.1. The Morgan fingerprint density at radius 2 is 0.566 bits per heavy atom. The van der Waals surface area contributed by atoms with Crippen LogP contribution in [0.3, 0.4) is 0 Å². The van der Waals surface area contributed by atoms with Crippen LogP contribution in [0.25, 0.3) is 0 Å². The lowest BCUT2D eigenvalue weighted by atomic mass is 10.0. The highest BCUT2D eigenvalue weighted by Crippen LogP contribution is 2.20. The Morgan fingerprint density at radius 1 is 0.325 bits per heavy atom. The van der Waals surface area contributed by atoms with E-state index in [9.17, 15) is 19.8 Å². The SMILES string of the molecule is CCCCCCCCC/C=C\CCCCCCCC(=O)OCCCCCCCCCCCCCCCCCCCCCCCCCCCCCCCCCCCCCCCC(=O)NC(CO)C(O)/C=C/CCCCCCCCCCCCC. The number of hydrogen-bond donors (Lipinski definition) is 3. The van der Waals surface area contributed by atoms with Crippen LogP contribution in [0.15, 0.2) is 24.3 Å². The maximum Gasteiger partial charge on any atom is 0.305 e. The van der Waals surface area contributed by atoms with E-state index in [1.807, 2.05) is 6.08 Å². The van der Waals surface area contributed by atoms with Gasteiger partial charge < -0.3 is 20.3 Å². The van der Waals surface area contributed by atoms with Crippen LogP contribution in [0.1, 0.15) is 431 Å². The van der Waals surface area contributed by atoms with E-state index in [0.29, 0.717) is 19.4 Å². The number of aliphatic hydroxyl groups excluding tert-OH is 2. The monoisotopic (exact) mass is 1170 g/mol. The van der Waals surface area contributed by atoms with Gasteiger partial charge in [-0.3, -0.25) is 9.59 Å². The summed E-state index contributed by atoms with van der Waals surface area (Å²) in [5.41, 5.74) is 0. The number of hydrogen-bond acceptors (Lipinski definition) is 5. The van der Waals surface area contributed by atoms with E-state index in [4.69, 9.17) is 4.74 Å². The van der Waals surface area contributed by atoms with Crippen LogP contribution in [0.2, 0.25) is 0 Å². The van der Waals surface area contributed by atoms with Crippen molar-refractivity contribution < 1.29 is 24.5 Å². The molecule has 2 unspecified atom stereocenters. The van der Waals surface area contributed by atoms with Crippen LogP contribution in [-0.2, 0) is 14.3 Å². The van der Waals surface area contributed by atoms with E-state index in [1.165, 1.54) is 360 Å². The summed E-state index contributed by atoms with van der Waals surface area (Å²) in [6.45, 7) is 4.93. The summed E-state index contributed by atoms with van der Waals surface area (Å²) in [6.07, 6.45) is 93.0. The molecule has 0 bridgehead atoms. The largest absolute Gasteiger partial charge is 0.466 e. The second kappa shape index (κ2) is 72.8. The second-order valence-electron chi connectivity index (χ2n) is 26.3. The third-order valence-corrected chi connectivity index (χ3v) is 18.0. The molecular weight excluding hydrogens is 1020 g/mol. The maximum atomic E-state index is 12.5. The molecule has 0 spiro atoms. The Kier molecular flexibility index (Phi) is 71.4. The van der Waals surface area contributed by atoms with Crippen molar-refractivity contribution in [3.8, 4) is 0 Å². The Balaban J connectivity index is 3.29. The third kappa shape index (κ3) is 69.3. The quantitative estimate of drug-likeness (QED) is 0.0320. The average Bonchev–Trinajstić information content (AvgIpc) is 3.49. The molecule has 83 heavy (non-hydrogen) atoms. The normalized spacial score (nSPS) is 12.6. The number of unbranched alkanes of at least 4 members (excludes halogenated alkanes) is 59. The van der Waals surface area contributed by atoms with Crippen molar-refractivity contribution in [3.63, 3.8) is 0 Å². The van der Waals surface area contributed by atoms with E-state index >= 15 is 0 Å². The summed E-state index contributed by atoms with van der Waals surface area (Å²) in [7, 11) is 0. The van der Waals surface area contributed by atoms with E-state index in [-0.39, 0.29) is 18.5 Å². The van der Waals surface area contributed by atoms with Gasteiger partial charge in [0.2, 0.25) is 5.91 Å². The van der Waals surface area contributed by atoms with Gasteiger partial charge >= 0.3 is 5.97 Å². The summed E-state index contributed by atoms with van der Waals surface area (Å²) in [5, 5.41) is 23.1. The summed E-state index contributed by atoms with van der Waals surface area (Å²) in [5.74, 6) is -0.0438. The second-order valence-corrected chi connectivity index (χ2v) is 26.3. The van der Waals surface area contributed by atoms with Crippen molar-refractivity contribution >= 4 is 11.9 Å². The summed E-state index contributed by atoms with van der Waals surface area (Å²) >= 11 is 0. The average molecular weight is 1170 g/mol.